The summed E-state index contributed by atoms with van der Waals surface area (Å²) >= 11 is 0. The van der Waals surface area contributed by atoms with Crippen molar-refractivity contribution in [1.82, 2.24) is 4.98 Å². The van der Waals surface area contributed by atoms with E-state index in [0.717, 1.165) is 22.3 Å². The first-order valence-electron chi connectivity index (χ1n) is 8.57. The van der Waals surface area contributed by atoms with Crippen LogP contribution in [0.5, 0.6) is 0 Å². The number of carbonyl (C=O) groups excluding carboxylic acids is 2. The minimum absolute atomic E-state index is 0.0559. The molecule has 1 aliphatic rings. The number of rotatable bonds is 6. The highest BCUT2D eigenvalue weighted by molar-refractivity contribution is 5.80. The zero-order valence-corrected chi connectivity index (χ0v) is 14.4. The van der Waals surface area contributed by atoms with Crippen LogP contribution < -0.4 is 0 Å². The van der Waals surface area contributed by atoms with Crippen molar-refractivity contribution >= 4 is 12.4 Å². The van der Waals surface area contributed by atoms with Crippen molar-refractivity contribution in [3.05, 3.63) is 89.7 Å². The number of pyridine rings is 1. The number of hydrogen-bond acceptors (Lipinski definition) is 5. The van der Waals surface area contributed by atoms with Crippen LogP contribution in [-0.4, -0.2) is 24.0 Å². The van der Waals surface area contributed by atoms with E-state index in [1.807, 2.05) is 36.4 Å². The molecule has 0 spiro atoms. The summed E-state index contributed by atoms with van der Waals surface area (Å²) in [6.45, 7) is 1.50. The lowest BCUT2D eigenvalue weighted by Gasteiger charge is -2.17. The van der Waals surface area contributed by atoms with Gasteiger partial charge >= 0.3 is 12.4 Å². The normalized spacial score (nSPS) is 13.3. The smallest absolute Gasteiger partial charge is 0.418 e. The molecule has 5 heteroatoms. The highest BCUT2D eigenvalue weighted by Crippen LogP contribution is 2.44. The maximum atomic E-state index is 12.6. The molecule has 0 saturated heterocycles. The van der Waals surface area contributed by atoms with Crippen LogP contribution in [0.2, 0.25) is 0 Å². The molecule has 0 saturated carbocycles. The van der Waals surface area contributed by atoms with Gasteiger partial charge < -0.3 is 9.47 Å². The molecule has 1 radical (unpaired) electrons. The molecule has 3 aromatic rings. The fourth-order valence-electron chi connectivity index (χ4n) is 3.52. The van der Waals surface area contributed by atoms with Crippen LogP contribution in [-0.2, 0) is 19.1 Å². The summed E-state index contributed by atoms with van der Waals surface area (Å²) in [4.78, 5) is 27.2. The summed E-state index contributed by atoms with van der Waals surface area (Å²) in [5.74, 6) is -0.689. The highest BCUT2D eigenvalue weighted by atomic mass is 16.6. The Morgan fingerprint density at radius 2 is 1.56 bits per heavy atom. The van der Waals surface area contributed by atoms with Crippen molar-refractivity contribution in [2.75, 3.05) is 6.61 Å². The van der Waals surface area contributed by atoms with Crippen LogP contribution in [0.3, 0.4) is 0 Å². The molecular formula is C22H16NO4. The van der Waals surface area contributed by atoms with Gasteiger partial charge in [0.15, 0.2) is 0 Å². The van der Waals surface area contributed by atoms with Crippen LogP contribution in [0.1, 0.15) is 28.7 Å². The summed E-state index contributed by atoms with van der Waals surface area (Å²) < 4.78 is 10.4. The molecule has 1 aliphatic carbocycles. The van der Waals surface area contributed by atoms with E-state index in [4.69, 9.17) is 9.47 Å². The molecule has 1 atom stereocenters. The Labute approximate surface area is 156 Å². The summed E-state index contributed by atoms with van der Waals surface area (Å²) in [6.07, 6.45) is 1.89. The fraction of sp³-hybridized carbons (Fsp3) is 0.136. The molecule has 2 aromatic carbocycles. The molecular weight excluding hydrogens is 342 g/mol. The molecule has 133 valence electrons. The van der Waals surface area contributed by atoms with Gasteiger partial charge in [-0.15, -0.1) is 0 Å². The van der Waals surface area contributed by atoms with Gasteiger partial charge in [-0.25, -0.2) is 9.59 Å². The molecule has 0 amide bonds. The minimum atomic E-state index is -1.16. The van der Waals surface area contributed by atoms with Crippen molar-refractivity contribution < 1.29 is 19.1 Å². The molecule has 1 aromatic heterocycles. The quantitative estimate of drug-likeness (QED) is 0.631. The van der Waals surface area contributed by atoms with Gasteiger partial charge in [0, 0.05) is 23.9 Å². The Bertz CT molecular complexity index is 925. The topological polar surface area (TPSA) is 65.5 Å². The van der Waals surface area contributed by atoms with Crippen LogP contribution in [0.4, 0.5) is 0 Å². The highest BCUT2D eigenvalue weighted by Gasteiger charge is 2.31. The lowest BCUT2D eigenvalue weighted by molar-refractivity contribution is -0.153. The van der Waals surface area contributed by atoms with Crippen LogP contribution >= 0.6 is 0 Å². The number of fused-ring (bicyclic) bond motifs is 3. The largest absolute Gasteiger partial charge is 0.462 e. The zero-order chi connectivity index (χ0) is 18.6. The lowest BCUT2D eigenvalue weighted by atomic mass is 9.98. The molecule has 5 nitrogen and oxygen atoms in total. The third-order valence-electron chi connectivity index (χ3n) is 4.74. The number of ether oxygens (including phenoxy) is 2. The molecule has 0 N–H and O–H groups in total. The first kappa shape index (κ1) is 17.0. The number of hydrogen-bond donors (Lipinski definition) is 0. The lowest BCUT2D eigenvalue weighted by Crippen LogP contribution is -2.21. The van der Waals surface area contributed by atoms with E-state index in [-0.39, 0.29) is 12.5 Å². The molecule has 0 fully saturated rings. The van der Waals surface area contributed by atoms with E-state index in [2.05, 4.69) is 17.1 Å². The Morgan fingerprint density at radius 3 is 2.15 bits per heavy atom. The monoisotopic (exact) mass is 358 g/mol. The average molecular weight is 358 g/mol. The van der Waals surface area contributed by atoms with Gasteiger partial charge in [0.2, 0.25) is 6.10 Å². The van der Waals surface area contributed by atoms with E-state index >= 15 is 0 Å². The van der Waals surface area contributed by atoms with Gasteiger partial charge in [-0.3, -0.25) is 4.98 Å². The second-order valence-corrected chi connectivity index (χ2v) is 6.22. The van der Waals surface area contributed by atoms with E-state index < -0.39 is 12.1 Å². The minimum Gasteiger partial charge on any atom is -0.462 e. The second-order valence-electron chi connectivity index (χ2n) is 6.22. The number of benzene rings is 2. The predicted octanol–water partition coefficient (Wildman–Crippen LogP) is 3.56. The van der Waals surface area contributed by atoms with E-state index in [1.165, 1.54) is 18.9 Å². The Kier molecular flexibility index (Phi) is 4.66. The van der Waals surface area contributed by atoms with Crippen molar-refractivity contribution in [3.63, 3.8) is 0 Å². The van der Waals surface area contributed by atoms with Crippen molar-refractivity contribution in [2.24, 2.45) is 0 Å². The maximum Gasteiger partial charge on any atom is 0.418 e. The van der Waals surface area contributed by atoms with E-state index in [9.17, 15) is 9.59 Å². The summed E-state index contributed by atoms with van der Waals surface area (Å²) in [5.41, 5.74) is 5.03. The first-order valence-corrected chi connectivity index (χ1v) is 8.57. The predicted molar refractivity (Wildman–Crippen MR) is 98.4 cm³/mol. The third kappa shape index (κ3) is 3.19. The molecule has 0 bridgehead atoms. The van der Waals surface area contributed by atoms with Crippen molar-refractivity contribution in [3.8, 4) is 11.1 Å². The van der Waals surface area contributed by atoms with Crippen molar-refractivity contribution in [2.45, 2.75) is 12.0 Å². The fourth-order valence-corrected chi connectivity index (χ4v) is 3.52. The summed E-state index contributed by atoms with van der Waals surface area (Å²) in [6, 6.07) is 19.4. The van der Waals surface area contributed by atoms with Crippen LogP contribution in [0.15, 0.2) is 73.1 Å². The molecule has 4 rings (SSSR count). The molecule has 1 heterocycles. The van der Waals surface area contributed by atoms with Crippen LogP contribution in [0.25, 0.3) is 11.1 Å². The van der Waals surface area contributed by atoms with Gasteiger partial charge in [-0.1, -0.05) is 48.5 Å². The molecule has 0 aliphatic heterocycles. The van der Waals surface area contributed by atoms with E-state index in [0.29, 0.717) is 5.56 Å². The van der Waals surface area contributed by atoms with Gasteiger partial charge in [-0.2, -0.15) is 0 Å². The van der Waals surface area contributed by atoms with Gasteiger partial charge in [0.05, 0.1) is 0 Å². The number of carbonyl (C=O) groups is 1. The maximum absolute atomic E-state index is 12.6. The van der Waals surface area contributed by atoms with Crippen LogP contribution in [0, 0.1) is 0 Å². The van der Waals surface area contributed by atoms with Gasteiger partial charge in [0.1, 0.15) is 6.61 Å². The standard InChI is InChI=1S/C22H16NO4/c24-14-27-21(15-9-11-23-12-10-15)22(25)26-13-20-18-7-3-1-5-16(18)17-6-2-4-8-19(17)20/h1-12,20-21H,13H2. The average Bonchev–Trinajstić information content (AvgIpc) is 3.05. The zero-order valence-electron chi connectivity index (χ0n) is 14.4. The second kappa shape index (κ2) is 7.41. The third-order valence-corrected chi connectivity index (χ3v) is 4.74. The van der Waals surface area contributed by atoms with Crippen molar-refractivity contribution in [1.29, 1.82) is 0 Å². The number of nitrogens with zero attached hydrogens (tertiary/aromatic N) is 1. The Balaban J connectivity index is 1.56. The molecule has 1 unspecified atom stereocenters. The first-order chi connectivity index (χ1) is 13.3. The van der Waals surface area contributed by atoms with Gasteiger partial charge in [0.25, 0.3) is 0 Å². The van der Waals surface area contributed by atoms with E-state index in [1.54, 1.807) is 12.1 Å². The SMILES string of the molecule is O=[C]OC(C(=O)OCC1c2ccccc2-c2ccccc21)c1ccncc1. The Morgan fingerprint density at radius 1 is 0.963 bits per heavy atom. The van der Waals surface area contributed by atoms with Gasteiger partial charge in [-0.05, 0) is 34.4 Å². The Hall–Kier alpha value is -3.47. The summed E-state index contributed by atoms with van der Waals surface area (Å²) in [5, 5.41) is 0. The number of esters is 1. The number of aromatic nitrogens is 1. The summed E-state index contributed by atoms with van der Waals surface area (Å²) in [7, 11) is 0. The molecule has 27 heavy (non-hydrogen) atoms.